The van der Waals surface area contributed by atoms with E-state index in [1.807, 2.05) is 48.5 Å². The standard InChI is InChI=1S/C30H29ClN4O5S/c1-3-38-29(37)27-19(2)33-30(41)34-28(27)23-12-5-7-14-25(23)40-18-26(36)35-32-16-21-10-4-6-13-24(21)39-17-20-9-8-11-22(31)15-20/h4-16,28H,3,17-18H2,1-2H3,(H,35,36)(H2,33,34,41)/t28-/m0/s1. The maximum atomic E-state index is 12.7. The molecule has 0 spiro atoms. The van der Waals surface area contributed by atoms with E-state index in [-0.39, 0.29) is 13.2 Å². The van der Waals surface area contributed by atoms with Gasteiger partial charge < -0.3 is 24.8 Å². The van der Waals surface area contributed by atoms with Crippen LogP contribution in [0.4, 0.5) is 0 Å². The number of ether oxygens (including phenoxy) is 3. The van der Waals surface area contributed by atoms with Gasteiger partial charge in [-0.2, -0.15) is 5.10 Å². The van der Waals surface area contributed by atoms with Gasteiger partial charge in [0.15, 0.2) is 11.7 Å². The molecule has 4 rings (SSSR count). The minimum Gasteiger partial charge on any atom is -0.488 e. The third-order valence-corrected chi connectivity index (χ3v) is 6.40. The van der Waals surface area contributed by atoms with Crippen LogP contribution in [0, 0.1) is 0 Å². The van der Waals surface area contributed by atoms with Crippen LogP contribution in [-0.4, -0.2) is 36.4 Å². The summed E-state index contributed by atoms with van der Waals surface area (Å²) in [4.78, 5) is 25.3. The molecule has 0 bridgehead atoms. The number of nitrogens with zero attached hydrogens (tertiary/aromatic N) is 1. The zero-order valence-corrected chi connectivity index (χ0v) is 24.1. The van der Waals surface area contributed by atoms with Gasteiger partial charge in [0.05, 0.1) is 24.4 Å². The molecule has 1 aliphatic heterocycles. The minimum absolute atomic E-state index is 0.226. The summed E-state index contributed by atoms with van der Waals surface area (Å²) in [5.74, 6) is 0.0581. The lowest BCUT2D eigenvalue weighted by atomic mass is 9.95. The van der Waals surface area contributed by atoms with E-state index < -0.39 is 17.9 Å². The Kier molecular flexibility index (Phi) is 10.3. The van der Waals surface area contributed by atoms with Crippen molar-refractivity contribution in [1.29, 1.82) is 0 Å². The van der Waals surface area contributed by atoms with E-state index in [2.05, 4.69) is 21.2 Å². The number of esters is 1. The van der Waals surface area contributed by atoms with Gasteiger partial charge in [0.2, 0.25) is 0 Å². The van der Waals surface area contributed by atoms with Crippen molar-refractivity contribution in [3.63, 3.8) is 0 Å². The van der Waals surface area contributed by atoms with Crippen LogP contribution in [0.3, 0.4) is 0 Å². The van der Waals surface area contributed by atoms with Gasteiger partial charge >= 0.3 is 5.97 Å². The molecule has 1 atom stereocenters. The second-order valence-electron chi connectivity index (χ2n) is 8.87. The van der Waals surface area contributed by atoms with Gasteiger partial charge in [0.25, 0.3) is 5.91 Å². The summed E-state index contributed by atoms with van der Waals surface area (Å²) in [6.07, 6.45) is 1.50. The summed E-state index contributed by atoms with van der Waals surface area (Å²) in [5.41, 5.74) is 5.66. The van der Waals surface area contributed by atoms with Crippen molar-refractivity contribution in [3.8, 4) is 11.5 Å². The van der Waals surface area contributed by atoms with E-state index in [4.69, 9.17) is 38.0 Å². The number of carbonyl (C=O) groups is 2. The molecule has 1 amide bonds. The molecule has 1 aliphatic rings. The van der Waals surface area contributed by atoms with Gasteiger partial charge in [-0.25, -0.2) is 10.2 Å². The second kappa shape index (κ2) is 14.3. The summed E-state index contributed by atoms with van der Waals surface area (Å²) in [7, 11) is 0. The van der Waals surface area contributed by atoms with Crippen molar-refractivity contribution in [2.75, 3.05) is 13.2 Å². The Morgan fingerprint density at radius 2 is 1.80 bits per heavy atom. The zero-order valence-electron chi connectivity index (χ0n) is 22.5. The van der Waals surface area contributed by atoms with Gasteiger partial charge in [-0.1, -0.05) is 54.1 Å². The second-order valence-corrected chi connectivity index (χ2v) is 9.71. The molecular formula is C30H29ClN4O5S. The first kappa shape index (κ1) is 29.6. The molecule has 212 valence electrons. The number of nitrogens with one attached hydrogen (secondary N) is 3. The fraction of sp³-hybridized carbons (Fsp3) is 0.200. The number of para-hydroxylation sites is 2. The molecule has 3 aromatic rings. The third-order valence-electron chi connectivity index (χ3n) is 5.95. The highest BCUT2D eigenvalue weighted by atomic mass is 35.5. The lowest BCUT2D eigenvalue weighted by molar-refractivity contribution is -0.139. The number of hydrogen-bond donors (Lipinski definition) is 3. The van der Waals surface area contributed by atoms with Crippen molar-refractivity contribution in [2.45, 2.75) is 26.5 Å². The number of carbonyl (C=O) groups excluding carboxylic acids is 2. The minimum atomic E-state index is -0.622. The summed E-state index contributed by atoms with van der Waals surface area (Å²) in [6, 6.07) is 21.2. The van der Waals surface area contributed by atoms with Crippen LogP contribution in [0.5, 0.6) is 11.5 Å². The van der Waals surface area contributed by atoms with E-state index in [1.165, 1.54) is 6.21 Å². The zero-order chi connectivity index (χ0) is 29.2. The average molecular weight is 593 g/mol. The van der Waals surface area contributed by atoms with Crippen LogP contribution in [0.2, 0.25) is 5.02 Å². The van der Waals surface area contributed by atoms with Crippen molar-refractivity contribution in [1.82, 2.24) is 16.1 Å². The molecular weight excluding hydrogens is 564 g/mol. The Morgan fingerprint density at radius 1 is 1.05 bits per heavy atom. The molecule has 0 radical (unpaired) electrons. The number of hydrogen-bond acceptors (Lipinski definition) is 7. The molecule has 3 aromatic carbocycles. The first-order chi connectivity index (χ1) is 19.9. The highest BCUT2D eigenvalue weighted by Crippen LogP contribution is 2.33. The van der Waals surface area contributed by atoms with Crippen molar-refractivity contribution < 1.29 is 23.8 Å². The molecule has 1 heterocycles. The number of allylic oxidation sites excluding steroid dienone is 1. The van der Waals surface area contributed by atoms with Crippen molar-refractivity contribution in [3.05, 3.63) is 106 Å². The maximum absolute atomic E-state index is 12.7. The topological polar surface area (TPSA) is 110 Å². The fourth-order valence-electron chi connectivity index (χ4n) is 4.11. The van der Waals surface area contributed by atoms with Crippen molar-refractivity contribution >= 4 is 47.0 Å². The molecule has 41 heavy (non-hydrogen) atoms. The lowest BCUT2D eigenvalue weighted by Gasteiger charge is -2.30. The molecule has 0 aromatic heterocycles. The highest BCUT2D eigenvalue weighted by molar-refractivity contribution is 7.80. The fourth-order valence-corrected chi connectivity index (χ4v) is 4.60. The summed E-state index contributed by atoms with van der Waals surface area (Å²) in [5, 5.41) is 11.1. The lowest BCUT2D eigenvalue weighted by Crippen LogP contribution is -2.45. The van der Waals surface area contributed by atoms with Gasteiger partial charge in [-0.15, -0.1) is 0 Å². The van der Waals surface area contributed by atoms with E-state index in [0.29, 0.717) is 50.6 Å². The number of thiocarbonyl (C=S) groups is 1. The molecule has 0 saturated heterocycles. The molecule has 0 saturated carbocycles. The van der Waals surface area contributed by atoms with E-state index in [1.54, 1.807) is 38.1 Å². The van der Waals surface area contributed by atoms with Gasteiger partial charge in [-0.05, 0) is 62.0 Å². The number of rotatable bonds is 11. The Bertz CT molecular complexity index is 1490. The normalized spacial score (nSPS) is 14.7. The number of halogens is 1. The molecule has 0 fully saturated rings. The molecule has 11 heteroatoms. The van der Waals surface area contributed by atoms with Gasteiger partial charge in [0.1, 0.15) is 18.1 Å². The molecule has 3 N–H and O–H groups in total. The average Bonchev–Trinajstić information content (AvgIpc) is 2.95. The van der Waals surface area contributed by atoms with E-state index >= 15 is 0 Å². The number of benzene rings is 3. The Hall–Kier alpha value is -4.41. The van der Waals surface area contributed by atoms with E-state index in [9.17, 15) is 9.59 Å². The van der Waals surface area contributed by atoms with Crippen LogP contribution < -0.4 is 25.5 Å². The summed E-state index contributed by atoms with van der Waals surface area (Å²) >= 11 is 11.4. The predicted molar refractivity (Wildman–Crippen MR) is 161 cm³/mol. The predicted octanol–water partition coefficient (Wildman–Crippen LogP) is 4.80. The SMILES string of the molecule is CCOC(=O)C1=C(C)NC(=S)N[C@H]1c1ccccc1OCC(=O)NN=Cc1ccccc1OCc1cccc(Cl)c1. The molecule has 0 unspecified atom stereocenters. The monoisotopic (exact) mass is 592 g/mol. The quantitative estimate of drug-likeness (QED) is 0.126. The van der Waals surface area contributed by atoms with Crippen LogP contribution in [-0.2, 0) is 20.9 Å². The highest BCUT2D eigenvalue weighted by Gasteiger charge is 2.32. The first-order valence-corrected chi connectivity index (χ1v) is 13.6. The van der Waals surface area contributed by atoms with Crippen LogP contribution in [0.25, 0.3) is 0 Å². The van der Waals surface area contributed by atoms with E-state index in [0.717, 1.165) is 5.56 Å². The van der Waals surface area contributed by atoms with Crippen LogP contribution >= 0.6 is 23.8 Å². The third kappa shape index (κ3) is 8.06. The maximum Gasteiger partial charge on any atom is 0.338 e. The number of amides is 1. The molecule has 0 aliphatic carbocycles. The van der Waals surface area contributed by atoms with Crippen LogP contribution in [0.1, 0.15) is 36.6 Å². The van der Waals surface area contributed by atoms with Crippen LogP contribution in [0.15, 0.2) is 89.2 Å². The first-order valence-electron chi connectivity index (χ1n) is 12.8. The number of hydrazone groups is 1. The summed E-state index contributed by atoms with van der Waals surface area (Å²) < 4.78 is 17.0. The summed E-state index contributed by atoms with van der Waals surface area (Å²) in [6.45, 7) is 3.73. The Morgan fingerprint density at radius 3 is 2.59 bits per heavy atom. The Balaban J connectivity index is 1.39. The molecule has 9 nitrogen and oxygen atoms in total. The largest absolute Gasteiger partial charge is 0.488 e. The smallest absolute Gasteiger partial charge is 0.338 e. The van der Waals surface area contributed by atoms with Gasteiger partial charge in [-0.3, -0.25) is 4.79 Å². The van der Waals surface area contributed by atoms with Crippen molar-refractivity contribution in [2.24, 2.45) is 5.10 Å². The van der Waals surface area contributed by atoms with Gasteiger partial charge in [0, 0.05) is 21.8 Å². The Labute approximate surface area is 248 Å².